The van der Waals surface area contributed by atoms with Crippen LogP contribution < -0.4 is 11.5 Å². The molecule has 0 heterocycles. The number of nitrogens with two attached hydrogens (primary N) is 2. The fraction of sp³-hybridized carbons (Fsp3) is 0.381. The lowest BCUT2D eigenvalue weighted by Gasteiger charge is -2.49. The van der Waals surface area contributed by atoms with Crippen LogP contribution in [0.15, 0.2) is 40.9 Å². The molecular formula is C21H22N2O7. The zero-order valence-electron chi connectivity index (χ0n) is 16.4. The lowest BCUT2D eigenvalue weighted by molar-refractivity contribution is -0.145. The molecule has 9 nitrogen and oxygen atoms in total. The quantitative estimate of drug-likeness (QED) is 0.426. The number of ketones is 2. The molecule has 30 heavy (non-hydrogen) atoms. The number of carbonyl (C=O) groups excluding carboxylic acids is 3. The summed E-state index contributed by atoms with van der Waals surface area (Å²) < 4.78 is 5.16. The monoisotopic (exact) mass is 414 g/mol. The summed E-state index contributed by atoms with van der Waals surface area (Å²) in [5.74, 6) is -6.22. The first kappa shape index (κ1) is 20.1. The third-order valence-electron chi connectivity index (χ3n) is 6.69. The van der Waals surface area contributed by atoms with E-state index in [-0.39, 0.29) is 35.0 Å². The summed E-state index contributed by atoms with van der Waals surface area (Å²) in [6.07, 6.45) is 0.0731. The van der Waals surface area contributed by atoms with Crippen molar-refractivity contribution in [1.29, 1.82) is 0 Å². The highest BCUT2D eigenvalue weighted by molar-refractivity contribution is 6.24. The molecule has 1 aromatic rings. The first-order chi connectivity index (χ1) is 14.1. The predicted octanol–water partition coefficient (Wildman–Crippen LogP) is 0.167. The molecule has 0 saturated heterocycles. The molecule has 4 rings (SSSR count). The predicted molar refractivity (Wildman–Crippen MR) is 103 cm³/mol. The summed E-state index contributed by atoms with van der Waals surface area (Å²) in [5, 5.41) is 32.6. The van der Waals surface area contributed by atoms with Gasteiger partial charge in [-0.1, -0.05) is 19.1 Å². The van der Waals surface area contributed by atoms with Crippen LogP contribution in [0.1, 0.15) is 35.2 Å². The number of carbonyl (C=O) groups is 3. The molecule has 5 atom stereocenters. The number of amides is 1. The molecule has 0 saturated carbocycles. The molecule has 0 fully saturated rings. The van der Waals surface area contributed by atoms with E-state index in [1.807, 2.05) is 6.92 Å². The number of phenols is 1. The van der Waals surface area contributed by atoms with Gasteiger partial charge in [0.2, 0.25) is 5.78 Å². The molecule has 3 aliphatic carbocycles. The molecule has 0 spiro atoms. The molecule has 1 amide bonds. The van der Waals surface area contributed by atoms with Crippen molar-refractivity contribution in [2.24, 2.45) is 23.3 Å². The van der Waals surface area contributed by atoms with Gasteiger partial charge in [-0.2, -0.15) is 0 Å². The maximum Gasteiger partial charge on any atom is 0.255 e. The van der Waals surface area contributed by atoms with Gasteiger partial charge in [0.1, 0.15) is 22.8 Å². The van der Waals surface area contributed by atoms with Crippen LogP contribution in [0.4, 0.5) is 0 Å². The van der Waals surface area contributed by atoms with E-state index in [1.54, 1.807) is 12.1 Å². The number of methoxy groups -OCH3 is 1. The third-order valence-corrected chi connectivity index (χ3v) is 6.69. The van der Waals surface area contributed by atoms with Crippen molar-refractivity contribution >= 4 is 17.5 Å². The normalized spacial score (nSPS) is 33.1. The Kier molecular flexibility index (Phi) is 4.30. The number of phenolic OH excluding ortho intramolecular Hbond substituents is 1. The highest BCUT2D eigenvalue weighted by Crippen LogP contribution is 2.54. The minimum absolute atomic E-state index is 0.0145. The van der Waals surface area contributed by atoms with Crippen molar-refractivity contribution in [3.8, 4) is 5.75 Å². The van der Waals surface area contributed by atoms with E-state index in [1.165, 1.54) is 13.2 Å². The van der Waals surface area contributed by atoms with E-state index in [0.717, 1.165) is 0 Å². The Bertz CT molecular complexity index is 1070. The summed E-state index contributed by atoms with van der Waals surface area (Å²) >= 11 is 0. The topological polar surface area (TPSA) is 173 Å². The van der Waals surface area contributed by atoms with E-state index in [9.17, 15) is 29.7 Å². The Balaban J connectivity index is 1.98. The van der Waals surface area contributed by atoms with Crippen LogP contribution in [0.3, 0.4) is 0 Å². The third kappa shape index (κ3) is 2.27. The van der Waals surface area contributed by atoms with Gasteiger partial charge in [0.05, 0.1) is 18.7 Å². The Morgan fingerprint density at radius 2 is 1.93 bits per heavy atom. The SMILES string of the molecule is COC1=C(C(N)=O)C(=O)[C@@]2(O)C(O)=C3C(=O)c4c(O)cccc4[C@H](C)[C@H]3C[C@H]2[C@@H]1N. The van der Waals surface area contributed by atoms with Crippen molar-refractivity contribution in [2.75, 3.05) is 7.11 Å². The number of benzene rings is 1. The highest BCUT2D eigenvalue weighted by Gasteiger charge is 2.63. The van der Waals surface area contributed by atoms with Gasteiger partial charge in [-0.3, -0.25) is 14.4 Å². The summed E-state index contributed by atoms with van der Waals surface area (Å²) in [6.45, 7) is 1.82. The second-order valence-electron chi connectivity index (χ2n) is 8.00. The number of hydrogen-bond acceptors (Lipinski definition) is 8. The lowest BCUT2D eigenvalue weighted by Crippen LogP contribution is -2.63. The van der Waals surface area contributed by atoms with Gasteiger partial charge >= 0.3 is 0 Å². The van der Waals surface area contributed by atoms with Crippen LogP contribution in [0, 0.1) is 11.8 Å². The number of allylic oxidation sites excluding steroid dienone is 1. The first-order valence-electron chi connectivity index (χ1n) is 9.48. The molecule has 7 N–H and O–H groups in total. The lowest BCUT2D eigenvalue weighted by atomic mass is 9.57. The fourth-order valence-electron chi connectivity index (χ4n) is 5.19. The number of rotatable bonds is 2. The Labute approximate surface area is 171 Å². The van der Waals surface area contributed by atoms with Crippen LogP contribution in [-0.4, -0.2) is 51.5 Å². The number of aliphatic hydroxyl groups is 2. The van der Waals surface area contributed by atoms with Crippen molar-refractivity contribution < 1.29 is 34.4 Å². The van der Waals surface area contributed by atoms with Gasteiger partial charge in [-0.15, -0.1) is 0 Å². The number of fused-ring (bicyclic) bond motifs is 3. The molecule has 1 aromatic carbocycles. The number of aromatic hydroxyl groups is 1. The Morgan fingerprint density at radius 3 is 2.53 bits per heavy atom. The second-order valence-corrected chi connectivity index (χ2v) is 8.00. The van der Waals surface area contributed by atoms with Crippen molar-refractivity contribution in [2.45, 2.75) is 30.9 Å². The Hall–Kier alpha value is -3.17. The number of ether oxygens (including phenoxy) is 1. The molecule has 0 radical (unpaired) electrons. The van der Waals surface area contributed by atoms with Gasteiger partial charge in [0.25, 0.3) is 5.91 Å². The van der Waals surface area contributed by atoms with Gasteiger partial charge in [0.15, 0.2) is 11.4 Å². The molecule has 0 bridgehead atoms. The molecule has 0 unspecified atom stereocenters. The first-order valence-corrected chi connectivity index (χ1v) is 9.48. The summed E-state index contributed by atoms with van der Waals surface area (Å²) in [7, 11) is 1.23. The van der Waals surface area contributed by atoms with Crippen molar-refractivity contribution in [1.82, 2.24) is 0 Å². The van der Waals surface area contributed by atoms with Crippen LogP contribution in [0.25, 0.3) is 0 Å². The van der Waals surface area contributed by atoms with Gasteiger partial charge in [0, 0.05) is 11.5 Å². The number of hydrogen-bond donors (Lipinski definition) is 5. The molecule has 3 aliphatic rings. The van der Waals surface area contributed by atoms with Crippen LogP contribution in [0.2, 0.25) is 0 Å². The second kappa shape index (κ2) is 6.41. The zero-order chi connectivity index (χ0) is 22.1. The van der Waals surface area contributed by atoms with E-state index in [0.29, 0.717) is 5.56 Å². The standard InChI is InChI=1S/C21H22N2O7/c1-7-8-4-3-5-11(24)12(8)16(25)13-9(7)6-10-15(22)17(30-2)14(20(23)28)19(27)21(10,29)18(13)26/h3-5,7,9-10,15,24,26,29H,6,22H2,1-2H3,(H2,23,28)/t7-,9+,10-,15-,21-/m0/s1. The minimum Gasteiger partial charge on any atom is -0.508 e. The van der Waals surface area contributed by atoms with Crippen molar-refractivity contribution in [3.05, 3.63) is 52.0 Å². The highest BCUT2D eigenvalue weighted by atomic mass is 16.5. The molecular weight excluding hydrogens is 392 g/mol. The van der Waals surface area contributed by atoms with Crippen LogP contribution in [0.5, 0.6) is 5.75 Å². The maximum absolute atomic E-state index is 13.2. The van der Waals surface area contributed by atoms with Crippen molar-refractivity contribution in [3.63, 3.8) is 0 Å². The summed E-state index contributed by atoms with van der Waals surface area (Å²) in [6, 6.07) is 3.57. The smallest absolute Gasteiger partial charge is 0.255 e. The van der Waals surface area contributed by atoms with E-state index in [4.69, 9.17) is 16.2 Å². The van der Waals surface area contributed by atoms with E-state index in [2.05, 4.69) is 0 Å². The Morgan fingerprint density at radius 1 is 1.27 bits per heavy atom. The molecule has 0 aliphatic heterocycles. The maximum atomic E-state index is 13.2. The number of aliphatic hydroxyl groups excluding tert-OH is 1. The van der Waals surface area contributed by atoms with Crippen LogP contribution in [-0.2, 0) is 14.3 Å². The molecule has 158 valence electrons. The molecule has 9 heteroatoms. The minimum atomic E-state index is -2.60. The largest absolute Gasteiger partial charge is 0.508 e. The summed E-state index contributed by atoms with van der Waals surface area (Å²) in [5.41, 5.74) is 8.76. The number of primary amides is 1. The van der Waals surface area contributed by atoms with Gasteiger partial charge in [-0.05, 0) is 29.9 Å². The van der Waals surface area contributed by atoms with E-state index < -0.39 is 52.3 Å². The van der Waals surface area contributed by atoms with Gasteiger partial charge in [-0.25, -0.2) is 0 Å². The number of Topliss-reactive ketones (excluding diaryl/α,β-unsaturated/α-hetero) is 2. The average molecular weight is 414 g/mol. The average Bonchev–Trinajstić information content (AvgIpc) is 2.69. The molecule has 0 aromatic heterocycles. The van der Waals surface area contributed by atoms with Gasteiger partial charge < -0.3 is 31.5 Å². The zero-order valence-corrected chi connectivity index (χ0v) is 16.4. The summed E-state index contributed by atoms with van der Waals surface area (Å²) in [4.78, 5) is 38.2. The van der Waals surface area contributed by atoms with Crippen LogP contribution >= 0.6 is 0 Å². The van der Waals surface area contributed by atoms with E-state index >= 15 is 0 Å². The fourth-order valence-corrected chi connectivity index (χ4v) is 5.19.